The number of aromatic nitrogens is 3. The lowest BCUT2D eigenvalue weighted by atomic mass is 10.2. The highest BCUT2D eigenvalue weighted by molar-refractivity contribution is 6.30. The maximum Gasteiger partial charge on any atom is 0.251 e. The molecule has 9 heteroatoms. The van der Waals surface area contributed by atoms with Gasteiger partial charge in [-0.15, -0.1) is 0 Å². The zero-order chi connectivity index (χ0) is 22.8. The Bertz CT molecular complexity index is 1190. The number of fused-ring (bicyclic) bond motifs is 1. The molecule has 1 amide bonds. The van der Waals surface area contributed by atoms with Gasteiger partial charge in [0, 0.05) is 17.8 Å². The van der Waals surface area contributed by atoms with Crippen LogP contribution in [0, 0.1) is 0 Å². The summed E-state index contributed by atoms with van der Waals surface area (Å²) in [5.41, 5.74) is 8.39. The van der Waals surface area contributed by atoms with Gasteiger partial charge in [0.05, 0.1) is 11.9 Å². The van der Waals surface area contributed by atoms with Crippen molar-refractivity contribution in [3.63, 3.8) is 0 Å². The van der Waals surface area contributed by atoms with Crippen molar-refractivity contribution < 1.29 is 4.79 Å². The molecule has 2 aromatic heterocycles. The number of pyridine rings is 1. The van der Waals surface area contributed by atoms with Gasteiger partial charge < -0.3 is 5.73 Å². The van der Waals surface area contributed by atoms with Crippen molar-refractivity contribution in [2.45, 2.75) is 13.3 Å². The molecule has 0 atom stereocenters. The zero-order valence-electron chi connectivity index (χ0n) is 17.7. The highest BCUT2D eigenvalue weighted by atomic mass is 35.5. The Morgan fingerprint density at radius 2 is 1.84 bits per heavy atom. The quantitative estimate of drug-likeness (QED) is 0.562. The average molecular weight is 448 g/mol. The number of benzene rings is 1. The summed E-state index contributed by atoms with van der Waals surface area (Å²) in [6, 6.07) is 11.0. The maximum atomic E-state index is 12.2. The number of hydrogen-bond acceptors (Lipinski definition) is 7. The van der Waals surface area contributed by atoms with Crippen LogP contribution in [0.1, 0.15) is 13.3 Å². The second-order valence-electron chi connectivity index (χ2n) is 7.08. The number of amides is 1. The van der Waals surface area contributed by atoms with Gasteiger partial charge in [0.15, 0.2) is 11.6 Å². The third-order valence-electron chi connectivity index (χ3n) is 5.03. The van der Waals surface area contributed by atoms with Gasteiger partial charge in [-0.25, -0.2) is 15.0 Å². The van der Waals surface area contributed by atoms with Crippen molar-refractivity contribution in [3.8, 4) is 0 Å². The van der Waals surface area contributed by atoms with Crippen molar-refractivity contribution in [3.05, 3.63) is 78.5 Å². The summed E-state index contributed by atoms with van der Waals surface area (Å²) < 4.78 is 0. The summed E-state index contributed by atoms with van der Waals surface area (Å²) in [5.74, 6) is 1.91. The van der Waals surface area contributed by atoms with Crippen LogP contribution in [0.3, 0.4) is 0 Å². The lowest BCUT2D eigenvalue weighted by Gasteiger charge is -2.24. The molecule has 8 nitrogen and oxygen atoms in total. The molecule has 0 bridgehead atoms. The van der Waals surface area contributed by atoms with Gasteiger partial charge in [0.25, 0.3) is 5.91 Å². The Hall–Kier alpha value is -3.91. The molecule has 0 radical (unpaired) electrons. The minimum Gasteiger partial charge on any atom is -0.382 e. The van der Waals surface area contributed by atoms with Crippen LogP contribution in [-0.2, 0) is 4.79 Å². The number of nitrogens with zero attached hydrogens (tertiary/aromatic N) is 6. The highest BCUT2D eigenvalue weighted by Gasteiger charge is 2.36. The first kappa shape index (κ1) is 21.3. The minimum atomic E-state index is -0.141. The molecule has 1 aromatic carbocycles. The van der Waals surface area contributed by atoms with Gasteiger partial charge in [-0.1, -0.05) is 31.2 Å². The Labute approximate surface area is 191 Å². The standard InChI is InChI=1S/C23H22ClN7O/c1-4-5-6-20(32)29(3)19-12-11-18(13-26-19)31-15(2)30(17-9-7-16(24)8-10-17)21-22(25)27-14-28-23(21)31/h5-14H,2,4H2,1,3H3,(H2,25,27,28)/b6-5+. The lowest BCUT2D eigenvalue weighted by Crippen LogP contribution is -2.25. The molecule has 0 unspecified atom stereocenters. The molecule has 4 rings (SSSR count). The van der Waals surface area contributed by atoms with Gasteiger partial charge in [0.2, 0.25) is 0 Å². The second-order valence-corrected chi connectivity index (χ2v) is 7.51. The predicted molar refractivity (Wildman–Crippen MR) is 128 cm³/mol. The van der Waals surface area contributed by atoms with Crippen molar-refractivity contribution >= 4 is 52.0 Å². The molecule has 0 spiro atoms. The summed E-state index contributed by atoms with van der Waals surface area (Å²) in [7, 11) is 1.69. The van der Waals surface area contributed by atoms with E-state index in [-0.39, 0.29) is 5.91 Å². The summed E-state index contributed by atoms with van der Waals surface area (Å²) in [6.45, 7) is 6.24. The molecule has 0 saturated carbocycles. The third-order valence-corrected chi connectivity index (χ3v) is 5.28. The van der Waals surface area contributed by atoms with Crippen molar-refractivity contribution in [2.75, 3.05) is 27.5 Å². The summed E-state index contributed by atoms with van der Waals surface area (Å²) in [4.78, 5) is 30.5. The number of carbonyl (C=O) groups excluding carboxylic acids is 1. The minimum absolute atomic E-state index is 0.141. The van der Waals surface area contributed by atoms with E-state index in [1.54, 1.807) is 31.4 Å². The monoisotopic (exact) mass is 447 g/mol. The molecule has 0 saturated heterocycles. The van der Waals surface area contributed by atoms with Crippen molar-refractivity contribution in [1.29, 1.82) is 0 Å². The molecule has 0 aliphatic carbocycles. The largest absolute Gasteiger partial charge is 0.382 e. The molecule has 1 aliphatic heterocycles. The first-order valence-corrected chi connectivity index (χ1v) is 10.4. The van der Waals surface area contributed by atoms with Crippen LogP contribution in [0.5, 0.6) is 0 Å². The molecule has 3 aromatic rings. The van der Waals surface area contributed by atoms with Gasteiger partial charge in [-0.2, -0.15) is 0 Å². The summed E-state index contributed by atoms with van der Waals surface area (Å²) in [6.07, 6.45) is 7.22. The van der Waals surface area contributed by atoms with E-state index in [9.17, 15) is 4.79 Å². The Morgan fingerprint density at radius 1 is 1.12 bits per heavy atom. The fraction of sp³-hybridized carbons (Fsp3) is 0.130. The molecule has 162 valence electrons. The number of carbonyl (C=O) groups is 1. The molecular formula is C23H22ClN7O. The molecule has 1 aliphatic rings. The number of allylic oxidation sites excluding steroid dienone is 1. The van der Waals surface area contributed by atoms with Crippen molar-refractivity contribution in [2.24, 2.45) is 0 Å². The van der Waals surface area contributed by atoms with Crippen LogP contribution in [-0.4, -0.2) is 27.9 Å². The third kappa shape index (κ3) is 3.76. The smallest absolute Gasteiger partial charge is 0.251 e. The van der Waals surface area contributed by atoms with Crippen LogP contribution < -0.4 is 20.4 Å². The SMILES string of the molecule is C=C1N(c2ccc(N(C)C(=O)/C=C/CC)nc2)c2ncnc(N)c2N1c1ccc(Cl)cc1. The second kappa shape index (κ2) is 8.68. The fourth-order valence-corrected chi connectivity index (χ4v) is 3.53. The zero-order valence-corrected chi connectivity index (χ0v) is 18.5. The van der Waals surface area contributed by atoms with E-state index in [1.807, 2.05) is 41.0 Å². The van der Waals surface area contributed by atoms with Crippen LogP contribution in [0.4, 0.5) is 34.5 Å². The van der Waals surface area contributed by atoms with Crippen LogP contribution in [0.15, 0.2) is 73.5 Å². The molecule has 0 fully saturated rings. The lowest BCUT2D eigenvalue weighted by molar-refractivity contribution is -0.113. The number of likely N-dealkylation sites (N-methyl/N-ethyl adjacent to an activating group) is 1. The summed E-state index contributed by atoms with van der Waals surface area (Å²) >= 11 is 6.06. The fourth-order valence-electron chi connectivity index (χ4n) is 3.40. The van der Waals surface area contributed by atoms with E-state index in [0.717, 1.165) is 17.8 Å². The van der Waals surface area contributed by atoms with Gasteiger partial charge >= 0.3 is 0 Å². The Balaban J connectivity index is 1.71. The van der Waals surface area contributed by atoms with E-state index in [0.29, 0.717) is 34.0 Å². The van der Waals surface area contributed by atoms with Crippen LogP contribution in [0.25, 0.3) is 0 Å². The number of hydrogen-bond donors (Lipinski definition) is 1. The Kier molecular flexibility index (Phi) is 5.79. The topological polar surface area (TPSA) is 91.5 Å². The number of nitrogen functional groups attached to an aromatic ring is 1. The van der Waals surface area contributed by atoms with Gasteiger partial charge in [-0.05, 0) is 48.9 Å². The molecule has 3 heterocycles. The molecule has 2 N–H and O–H groups in total. The number of anilines is 6. The predicted octanol–water partition coefficient (Wildman–Crippen LogP) is 4.80. The highest BCUT2D eigenvalue weighted by Crippen LogP contribution is 2.49. The van der Waals surface area contributed by atoms with E-state index in [4.69, 9.17) is 17.3 Å². The van der Waals surface area contributed by atoms with E-state index >= 15 is 0 Å². The van der Waals surface area contributed by atoms with E-state index < -0.39 is 0 Å². The maximum absolute atomic E-state index is 12.2. The van der Waals surface area contributed by atoms with Crippen LogP contribution >= 0.6 is 11.6 Å². The average Bonchev–Trinajstić information content (AvgIpc) is 3.10. The van der Waals surface area contributed by atoms with Crippen LogP contribution in [0.2, 0.25) is 5.02 Å². The molecule has 32 heavy (non-hydrogen) atoms. The number of halogens is 1. The number of nitrogens with two attached hydrogens (primary N) is 1. The van der Waals surface area contributed by atoms with Gasteiger partial charge in [-0.3, -0.25) is 19.5 Å². The van der Waals surface area contributed by atoms with Gasteiger partial charge in [0.1, 0.15) is 23.7 Å². The first-order chi connectivity index (χ1) is 15.4. The summed E-state index contributed by atoms with van der Waals surface area (Å²) in [5, 5.41) is 0.625. The van der Waals surface area contributed by atoms with E-state index in [2.05, 4.69) is 21.5 Å². The number of rotatable bonds is 5. The molecular weight excluding hydrogens is 426 g/mol. The normalized spacial score (nSPS) is 13.0. The van der Waals surface area contributed by atoms with E-state index in [1.165, 1.54) is 17.3 Å². The first-order valence-electron chi connectivity index (χ1n) is 9.97. The van der Waals surface area contributed by atoms with Crippen molar-refractivity contribution in [1.82, 2.24) is 15.0 Å². The Morgan fingerprint density at radius 3 is 2.50 bits per heavy atom.